The Kier molecular flexibility index (Phi) is 5.43. The van der Waals surface area contributed by atoms with Crippen LogP contribution in [0.5, 0.6) is 0 Å². The standard InChI is InChI=1S/C17H14N4O3S/c22-15(18-12-5-2-1-3-6-12)11-25-16-9-8-14(20-21-16)19-17(23)13-7-4-10-24-13/h1-10H,11H2,(H,18,22)(H,19,20,23). The Morgan fingerprint density at radius 1 is 0.960 bits per heavy atom. The molecule has 0 aliphatic carbocycles. The number of hydrogen-bond donors (Lipinski definition) is 2. The van der Waals surface area contributed by atoms with Gasteiger partial charge in [-0.05, 0) is 36.4 Å². The number of rotatable bonds is 6. The first-order valence-electron chi connectivity index (χ1n) is 7.37. The highest BCUT2D eigenvalue weighted by Crippen LogP contribution is 2.16. The molecule has 0 fully saturated rings. The van der Waals surface area contributed by atoms with E-state index in [4.69, 9.17) is 4.42 Å². The van der Waals surface area contributed by atoms with Crippen molar-refractivity contribution < 1.29 is 14.0 Å². The Morgan fingerprint density at radius 2 is 1.80 bits per heavy atom. The van der Waals surface area contributed by atoms with Crippen LogP contribution in [-0.2, 0) is 4.79 Å². The van der Waals surface area contributed by atoms with Gasteiger partial charge in [-0.25, -0.2) is 0 Å². The molecular formula is C17H14N4O3S. The van der Waals surface area contributed by atoms with Crippen LogP contribution in [-0.4, -0.2) is 27.8 Å². The first-order chi connectivity index (χ1) is 12.2. The van der Waals surface area contributed by atoms with Crippen molar-refractivity contribution in [2.75, 3.05) is 16.4 Å². The number of thioether (sulfide) groups is 1. The van der Waals surface area contributed by atoms with Gasteiger partial charge in [0.05, 0.1) is 12.0 Å². The SMILES string of the molecule is O=C(CSc1ccc(NC(=O)c2ccco2)nn1)Nc1ccccc1. The average molecular weight is 354 g/mol. The van der Waals surface area contributed by atoms with Gasteiger partial charge >= 0.3 is 0 Å². The lowest BCUT2D eigenvalue weighted by Gasteiger charge is -2.05. The van der Waals surface area contributed by atoms with E-state index in [-0.39, 0.29) is 17.4 Å². The number of para-hydroxylation sites is 1. The molecule has 2 amide bonds. The second kappa shape index (κ2) is 8.11. The molecule has 3 rings (SSSR count). The number of amides is 2. The molecule has 7 nitrogen and oxygen atoms in total. The maximum absolute atomic E-state index is 11.9. The van der Waals surface area contributed by atoms with Crippen molar-refractivity contribution >= 4 is 35.1 Å². The van der Waals surface area contributed by atoms with Crippen LogP contribution in [0, 0.1) is 0 Å². The number of carbonyl (C=O) groups excluding carboxylic acids is 2. The smallest absolute Gasteiger partial charge is 0.292 e. The van der Waals surface area contributed by atoms with E-state index in [0.717, 1.165) is 5.69 Å². The van der Waals surface area contributed by atoms with Gasteiger partial charge in [-0.2, -0.15) is 0 Å². The molecular weight excluding hydrogens is 340 g/mol. The maximum atomic E-state index is 11.9. The van der Waals surface area contributed by atoms with Crippen molar-refractivity contribution in [2.24, 2.45) is 0 Å². The summed E-state index contributed by atoms with van der Waals surface area (Å²) in [5, 5.41) is 13.8. The molecule has 2 heterocycles. The lowest BCUT2D eigenvalue weighted by atomic mass is 10.3. The second-order valence-corrected chi connectivity index (χ2v) is 5.89. The van der Waals surface area contributed by atoms with Gasteiger partial charge in [-0.3, -0.25) is 9.59 Å². The van der Waals surface area contributed by atoms with E-state index < -0.39 is 5.91 Å². The summed E-state index contributed by atoms with van der Waals surface area (Å²) in [4.78, 5) is 23.7. The van der Waals surface area contributed by atoms with E-state index in [2.05, 4.69) is 20.8 Å². The zero-order valence-electron chi connectivity index (χ0n) is 13.0. The fraction of sp³-hybridized carbons (Fsp3) is 0.0588. The van der Waals surface area contributed by atoms with Gasteiger partial charge in [-0.15, -0.1) is 10.2 Å². The molecule has 1 aromatic carbocycles. The highest BCUT2D eigenvalue weighted by Gasteiger charge is 2.10. The highest BCUT2D eigenvalue weighted by molar-refractivity contribution is 7.99. The lowest BCUT2D eigenvalue weighted by molar-refractivity contribution is -0.113. The molecule has 8 heteroatoms. The minimum atomic E-state index is -0.401. The quantitative estimate of drug-likeness (QED) is 0.660. The number of anilines is 2. The van der Waals surface area contributed by atoms with Crippen LogP contribution in [0.3, 0.4) is 0 Å². The van der Waals surface area contributed by atoms with Crippen LogP contribution in [0.4, 0.5) is 11.5 Å². The summed E-state index contributed by atoms with van der Waals surface area (Å²) in [5.74, 6) is 0.175. The van der Waals surface area contributed by atoms with Crippen molar-refractivity contribution in [1.82, 2.24) is 10.2 Å². The van der Waals surface area contributed by atoms with Crippen LogP contribution in [0.2, 0.25) is 0 Å². The molecule has 0 unspecified atom stereocenters. The second-order valence-electron chi connectivity index (χ2n) is 4.89. The Morgan fingerprint density at radius 3 is 2.48 bits per heavy atom. The fourth-order valence-corrected chi connectivity index (χ4v) is 2.52. The third kappa shape index (κ3) is 4.92. The number of furan rings is 1. The molecule has 2 N–H and O–H groups in total. The summed E-state index contributed by atoms with van der Waals surface area (Å²) in [7, 11) is 0. The normalized spacial score (nSPS) is 10.2. The first kappa shape index (κ1) is 16.7. The zero-order chi connectivity index (χ0) is 17.5. The summed E-state index contributed by atoms with van der Waals surface area (Å²) in [6.45, 7) is 0. The predicted octanol–water partition coefficient (Wildman–Crippen LogP) is 3.05. The van der Waals surface area contributed by atoms with Crippen LogP contribution in [0.25, 0.3) is 0 Å². The summed E-state index contributed by atoms with van der Waals surface area (Å²) >= 11 is 1.26. The van der Waals surface area contributed by atoms with E-state index in [1.807, 2.05) is 30.3 Å². The number of carbonyl (C=O) groups is 2. The van der Waals surface area contributed by atoms with Crippen molar-refractivity contribution in [2.45, 2.75) is 5.03 Å². The largest absolute Gasteiger partial charge is 0.459 e. The monoisotopic (exact) mass is 354 g/mol. The van der Waals surface area contributed by atoms with E-state index in [9.17, 15) is 9.59 Å². The van der Waals surface area contributed by atoms with Gasteiger partial charge < -0.3 is 15.1 Å². The number of nitrogens with zero attached hydrogens (tertiary/aromatic N) is 2. The topological polar surface area (TPSA) is 97.1 Å². The van der Waals surface area contributed by atoms with Gasteiger partial charge in [0.1, 0.15) is 5.03 Å². The molecule has 0 atom stereocenters. The van der Waals surface area contributed by atoms with Crippen LogP contribution >= 0.6 is 11.8 Å². The number of nitrogens with one attached hydrogen (secondary N) is 2. The van der Waals surface area contributed by atoms with Crippen molar-refractivity contribution in [3.05, 3.63) is 66.6 Å². The summed E-state index contributed by atoms with van der Waals surface area (Å²) in [6.07, 6.45) is 1.42. The zero-order valence-corrected chi connectivity index (χ0v) is 13.8. The number of benzene rings is 1. The number of hydrogen-bond acceptors (Lipinski definition) is 6. The fourth-order valence-electron chi connectivity index (χ4n) is 1.91. The Labute approximate surface area is 147 Å². The summed E-state index contributed by atoms with van der Waals surface area (Å²) < 4.78 is 5.00. The van der Waals surface area contributed by atoms with Gasteiger partial charge in [-0.1, -0.05) is 30.0 Å². The minimum Gasteiger partial charge on any atom is -0.459 e. The van der Waals surface area contributed by atoms with Gasteiger partial charge in [0, 0.05) is 5.69 Å². The molecule has 0 spiro atoms. The van der Waals surface area contributed by atoms with Crippen LogP contribution in [0.1, 0.15) is 10.6 Å². The molecule has 0 aliphatic rings. The minimum absolute atomic E-state index is 0.131. The molecule has 0 aliphatic heterocycles. The third-order valence-electron chi connectivity index (χ3n) is 3.04. The van der Waals surface area contributed by atoms with Crippen molar-refractivity contribution in [3.8, 4) is 0 Å². The molecule has 2 aromatic heterocycles. The molecule has 25 heavy (non-hydrogen) atoms. The average Bonchev–Trinajstić information content (AvgIpc) is 3.17. The van der Waals surface area contributed by atoms with Gasteiger partial charge in [0.2, 0.25) is 5.91 Å². The number of aromatic nitrogens is 2. The Hall–Kier alpha value is -3.13. The maximum Gasteiger partial charge on any atom is 0.292 e. The Bertz CT molecular complexity index is 836. The molecule has 0 saturated carbocycles. The van der Waals surface area contributed by atoms with E-state index in [1.165, 1.54) is 18.0 Å². The third-order valence-corrected chi connectivity index (χ3v) is 3.96. The van der Waals surface area contributed by atoms with Crippen LogP contribution < -0.4 is 10.6 Å². The molecule has 3 aromatic rings. The predicted molar refractivity (Wildman–Crippen MR) is 94.5 cm³/mol. The van der Waals surface area contributed by atoms with E-state index in [1.54, 1.807) is 24.3 Å². The first-order valence-corrected chi connectivity index (χ1v) is 8.35. The lowest BCUT2D eigenvalue weighted by Crippen LogP contribution is -2.14. The van der Waals surface area contributed by atoms with Gasteiger partial charge in [0.15, 0.2) is 11.6 Å². The van der Waals surface area contributed by atoms with Crippen LogP contribution in [0.15, 0.2) is 70.3 Å². The molecule has 0 saturated heterocycles. The summed E-state index contributed by atoms with van der Waals surface area (Å²) in [5.41, 5.74) is 0.746. The molecule has 126 valence electrons. The van der Waals surface area contributed by atoms with E-state index >= 15 is 0 Å². The summed E-state index contributed by atoms with van der Waals surface area (Å²) in [6, 6.07) is 15.7. The Balaban J connectivity index is 1.49. The highest BCUT2D eigenvalue weighted by atomic mass is 32.2. The van der Waals surface area contributed by atoms with Gasteiger partial charge in [0.25, 0.3) is 5.91 Å². The van der Waals surface area contributed by atoms with Crippen molar-refractivity contribution in [1.29, 1.82) is 0 Å². The molecule has 0 radical (unpaired) electrons. The van der Waals surface area contributed by atoms with E-state index in [0.29, 0.717) is 10.8 Å². The van der Waals surface area contributed by atoms with Crippen molar-refractivity contribution in [3.63, 3.8) is 0 Å². The molecule has 0 bridgehead atoms.